The fraction of sp³-hybridized carbons (Fsp3) is 0.583. The van der Waals surface area contributed by atoms with Gasteiger partial charge in [0.25, 0.3) is 15.0 Å². The molecule has 1 aromatic rings. The number of carbonyl (C=O) groups is 1. The Balaban J connectivity index is 2.15. The molecule has 0 unspecified atom stereocenters. The summed E-state index contributed by atoms with van der Waals surface area (Å²) in [6.07, 6.45) is 1.67. The minimum Gasteiger partial charge on any atom is -0.455 e. The Kier molecular flexibility index (Phi) is 4.41. The van der Waals surface area contributed by atoms with Gasteiger partial charge in [0.1, 0.15) is 10.7 Å². The zero-order valence-electron chi connectivity index (χ0n) is 11.3. The predicted octanol–water partition coefficient (Wildman–Crippen LogP) is 1.77. The van der Waals surface area contributed by atoms with Gasteiger partial charge in [-0.1, -0.05) is 0 Å². The van der Waals surface area contributed by atoms with E-state index in [9.17, 15) is 13.2 Å². The molecule has 0 radical (unpaired) electrons. The molecule has 1 aliphatic heterocycles. The van der Waals surface area contributed by atoms with E-state index in [-0.39, 0.29) is 28.4 Å². The minimum atomic E-state index is -3.90. The van der Waals surface area contributed by atoms with Crippen LogP contribution in [0.15, 0.2) is 15.4 Å². The van der Waals surface area contributed by atoms with Gasteiger partial charge >= 0.3 is 0 Å². The van der Waals surface area contributed by atoms with Crippen molar-refractivity contribution in [2.24, 2.45) is 0 Å². The van der Waals surface area contributed by atoms with Crippen molar-refractivity contribution >= 4 is 25.6 Å². The van der Waals surface area contributed by atoms with Crippen LogP contribution in [-0.4, -0.2) is 45.5 Å². The number of hydrogen-bond acceptors (Lipinski definition) is 5. The van der Waals surface area contributed by atoms with Crippen LogP contribution >= 0.6 is 10.7 Å². The van der Waals surface area contributed by atoms with E-state index in [4.69, 9.17) is 19.8 Å². The Morgan fingerprint density at radius 1 is 1.45 bits per heavy atom. The van der Waals surface area contributed by atoms with Crippen molar-refractivity contribution in [3.05, 3.63) is 17.6 Å². The van der Waals surface area contributed by atoms with Crippen LogP contribution < -0.4 is 0 Å². The van der Waals surface area contributed by atoms with Crippen LogP contribution in [-0.2, 0) is 13.8 Å². The highest BCUT2D eigenvalue weighted by molar-refractivity contribution is 8.13. The summed E-state index contributed by atoms with van der Waals surface area (Å²) in [6.45, 7) is 2.57. The van der Waals surface area contributed by atoms with Gasteiger partial charge in [-0.05, 0) is 19.8 Å². The molecule has 1 aliphatic rings. The fourth-order valence-electron chi connectivity index (χ4n) is 2.26. The van der Waals surface area contributed by atoms with Crippen LogP contribution in [0.4, 0.5) is 0 Å². The second-order valence-electron chi connectivity index (χ2n) is 4.70. The number of nitrogens with zero attached hydrogens (tertiary/aromatic N) is 1. The molecule has 0 bridgehead atoms. The van der Waals surface area contributed by atoms with Crippen molar-refractivity contribution in [3.8, 4) is 0 Å². The first-order chi connectivity index (χ1) is 9.32. The number of amides is 1. The van der Waals surface area contributed by atoms with Gasteiger partial charge in [-0.3, -0.25) is 4.79 Å². The standard InChI is InChI=1S/C12H16ClNO5S/c1-8-11(20(13,16)17)7-10(19-8)12(15)14-5-3-9(18-2)4-6-14/h7,9H,3-6H2,1-2H3. The normalized spacial score (nSPS) is 17.4. The molecule has 0 saturated carbocycles. The van der Waals surface area contributed by atoms with Crippen LogP contribution in [0.5, 0.6) is 0 Å². The Bertz CT molecular complexity index is 601. The molecule has 0 N–H and O–H groups in total. The molecular weight excluding hydrogens is 306 g/mol. The van der Waals surface area contributed by atoms with E-state index in [0.717, 1.165) is 12.8 Å². The highest BCUT2D eigenvalue weighted by Gasteiger charge is 2.28. The number of hydrogen-bond donors (Lipinski definition) is 0. The summed E-state index contributed by atoms with van der Waals surface area (Å²) in [7, 11) is 3.02. The summed E-state index contributed by atoms with van der Waals surface area (Å²) in [5.41, 5.74) is 0. The highest BCUT2D eigenvalue weighted by Crippen LogP contribution is 2.25. The van der Waals surface area contributed by atoms with Crippen LogP contribution in [0.1, 0.15) is 29.2 Å². The SMILES string of the molecule is COC1CCN(C(=O)c2cc(S(=O)(=O)Cl)c(C)o2)CC1. The van der Waals surface area contributed by atoms with Crippen molar-refractivity contribution in [1.29, 1.82) is 0 Å². The van der Waals surface area contributed by atoms with E-state index in [0.29, 0.717) is 13.1 Å². The molecule has 0 aromatic carbocycles. The number of ether oxygens (including phenoxy) is 1. The maximum Gasteiger partial charge on any atom is 0.289 e. The Morgan fingerprint density at radius 2 is 2.05 bits per heavy atom. The maximum atomic E-state index is 12.2. The quantitative estimate of drug-likeness (QED) is 0.793. The van der Waals surface area contributed by atoms with Crippen molar-refractivity contribution < 1.29 is 22.4 Å². The number of piperidine rings is 1. The molecule has 6 nitrogen and oxygen atoms in total. The van der Waals surface area contributed by atoms with Gasteiger partial charge < -0.3 is 14.1 Å². The van der Waals surface area contributed by atoms with Crippen LogP contribution in [0.3, 0.4) is 0 Å². The summed E-state index contributed by atoms with van der Waals surface area (Å²) >= 11 is 0. The molecule has 1 amide bonds. The summed E-state index contributed by atoms with van der Waals surface area (Å²) < 4.78 is 33.1. The highest BCUT2D eigenvalue weighted by atomic mass is 35.7. The Hall–Kier alpha value is -1.05. The lowest BCUT2D eigenvalue weighted by Crippen LogP contribution is -2.40. The molecule has 1 fully saturated rings. The molecule has 8 heteroatoms. The lowest BCUT2D eigenvalue weighted by molar-refractivity contribution is 0.0334. The number of carbonyl (C=O) groups excluding carboxylic acids is 1. The maximum absolute atomic E-state index is 12.2. The summed E-state index contributed by atoms with van der Waals surface area (Å²) in [6, 6.07) is 1.18. The van der Waals surface area contributed by atoms with Crippen molar-refractivity contribution in [3.63, 3.8) is 0 Å². The lowest BCUT2D eigenvalue weighted by Gasteiger charge is -2.30. The Labute approximate surface area is 122 Å². The summed E-state index contributed by atoms with van der Waals surface area (Å²) in [4.78, 5) is 13.7. The zero-order chi connectivity index (χ0) is 14.9. The van der Waals surface area contributed by atoms with Crippen LogP contribution in [0.25, 0.3) is 0 Å². The van der Waals surface area contributed by atoms with E-state index in [1.165, 1.54) is 13.0 Å². The minimum absolute atomic E-state index is 0.00223. The van der Waals surface area contributed by atoms with Crippen molar-refractivity contribution in [2.45, 2.75) is 30.8 Å². The zero-order valence-corrected chi connectivity index (χ0v) is 12.8. The van der Waals surface area contributed by atoms with E-state index in [2.05, 4.69) is 0 Å². The van der Waals surface area contributed by atoms with Crippen molar-refractivity contribution in [2.75, 3.05) is 20.2 Å². The molecular formula is C12H16ClNO5S. The molecule has 0 aliphatic carbocycles. The first kappa shape index (κ1) is 15.3. The predicted molar refractivity (Wildman–Crippen MR) is 72.4 cm³/mol. The molecule has 1 aromatic heterocycles. The Morgan fingerprint density at radius 3 is 2.50 bits per heavy atom. The van der Waals surface area contributed by atoms with Gasteiger partial charge in [-0.2, -0.15) is 0 Å². The first-order valence-corrected chi connectivity index (χ1v) is 8.51. The number of aryl methyl sites for hydroxylation is 1. The third-order valence-electron chi connectivity index (χ3n) is 3.41. The van der Waals surface area contributed by atoms with Gasteiger partial charge in [-0.15, -0.1) is 0 Å². The van der Waals surface area contributed by atoms with E-state index >= 15 is 0 Å². The average Bonchev–Trinajstić information content (AvgIpc) is 2.80. The second kappa shape index (κ2) is 5.75. The molecule has 112 valence electrons. The smallest absolute Gasteiger partial charge is 0.289 e. The molecule has 1 saturated heterocycles. The van der Waals surface area contributed by atoms with Crippen molar-refractivity contribution in [1.82, 2.24) is 4.90 Å². The summed E-state index contributed by atoms with van der Waals surface area (Å²) in [5.74, 6) is -0.207. The number of methoxy groups -OCH3 is 1. The van der Waals surface area contributed by atoms with Gasteiger partial charge in [0.05, 0.1) is 6.10 Å². The number of rotatable bonds is 3. The van der Waals surface area contributed by atoms with Gasteiger partial charge in [-0.25, -0.2) is 8.42 Å². The monoisotopic (exact) mass is 321 g/mol. The second-order valence-corrected chi connectivity index (χ2v) is 7.23. The molecule has 2 heterocycles. The first-order valence-electron chi connectivity index (χ1n) is 6.20. The average molecular weight is 322 g/mol. The number of likely N-dealkylation sites (tertiary alicyclic amines) is 1. The van der Waals surface area contributed by atoms with E-state index < -0.39 is 9.05 Å². The number of furan rings is 1. The van der Waals surface area contributed by atoms with Crippen LogP contribution in [0, 0.1) is 6.92 Å². The number of halogens is 1. The molecule has 2 rings (SSSR count). The van der Waals surface area contributed by atoms with Gasteiger partial charge in [0.15, 0.2) is 5.76 Å². The largest absolute Gasteiger partial charge is 0.455 e. The lowest BCUT2D eigenvalue weighted by atomic mass is 10.1. The molecule has 0 spiro atoms. The van der Waals surface area contributed by atoms with Gasteiger partial charge in [0, 0.05) is 36.9 Å². The third kappa shape index (κ3) is 3.16. The van der Waals surface area contributed by atoms with E-state index in [1.54, 1.807) is 12.0 Å². The topological polar surface area (TPSA) is 76.8 Å². The molecule has 20 heavy (non-hydrogen) atoms. The van der Waals surface area contributed by atoms with Gasteiger partial charge in [0.2, 0.25) is 0 Å². The summed E-state index contributed by atoms with van der Waals surface area (Å²) in [5, 5.41) is 0. The fourth-order valence-corrected chi connectivity index (χ4v) is 3.36. The van der Waals surface area contributed by atoms with Crippen LogP contribution in [0.2, 0.25) is 0 Å². The van der Waals surface area contributed by atoms with E-state index in [1.807, 2.05) is 0 Å². The molecule has 0 atom stereocenters. The third-order valence-corrected chi connectivity index (χ3v) is 4.84.